The van der Waals surface area contributed by atoms with Crippen molar-refractivity contribution in [2.45, 2.75) is 33.7 Å². The first kappa shape index (κ1) is 17.6. The Hall–Kier alpha value is -2.76. The largest absolute Gasteiger partial charge is 0.457 e. The number of ether oxygens (including phenoxy) is 3. The van der Waals surface area contributed by atoms with Crippen LogP contribution in [0.4, 0.5) is 0 Å². The Morgan fingerprint density at radius 1 is 1.19 bits per heavy atom. The van der Waals surface area contributed by atoms with Crippen LogP contribution in [0.5, 0.6) is 11.5 Å². The van der Waals surface area contributed by atoms with Crippen LogP contribution in [-0.2, 0) is 16.1 Å². The van der Waals surface area contributed by atoms with Crippen molar-refractivity contribution in [1.82, 2.24) is 4.57 Å². The van der Waals surface area contributed by atoms with Gasteiger partial charge in [0.25, 0.3) is 0 Å². The van der Waals surface area contributed by atoms with E-state index in [2.05, 4.69) is 4.57 Å². The van der Waals surface area contributed by atoms with Gasteiger partial charge in [0.15, 0.2) is 18.1 Å². The van der Waals surface area contributed by atoms with E-state index in [4.69, 9.17) is 14.2 Å². The number of hydrogen-bond donors (Lipinski definition) is 0. The number of rotatable bonds is 6. The van der Waals surface area contributed by atoms with Crippen LogP contribution in [0, 0.1) is 25.7 Å². The summed E-state index contributed by atoms with van der Waals surface area (Å²) in [5.74, 6) is 1.41. The summed E-state index contributed by atoms with van der Waals surface area (Å²) in [4.78, 5) is 24.4. The summed E-state index contributed by atoms with van der Waals surface area (Å²) in [6.07, 6.45) is 0.858. The van der Waals surface area contributed by atoms with Crippen molar-refractivity contribution in [2.75, 3.05) is 13.4 Å². The second-order valence-electron chi connectivity index (χ2n) is 7.41. The maximum atomic E-state index is 12.5. The Balaban J connectivity index is 1.46. The minimum absolute atomic E-state index is 0.0313. The molecule has 2 heterocycles. The molecule has 1 aliphatic heterocycles. The fourth-order valence-electron chi connectivity index (χ4n) is 3.52. The molecule has 1 fully saturated rings. The number of esters is 1. The fourth-order valence-corrected chi connectivity index (χ4v) is 3.52. The molecule has 0 unspecified atom stereocenters. The Morgan fingerprint density at radius 3 is 2.67 bits per heavy atom. The van der Waals surface area contributed by atoms with Crippen molar-refractivity contribution in [1.29, 1.82) is 0 Å². The van der Waals surface area contributed by atoms with Gasteiger partial charge in [0.1, 0.15) is 0 Å². The van der Waals surface area contributed by atoms with E-state index in [-0.39, 0.29) is 31.1 Å². The SMILES string of the molecule is Cc1cc(C(=O)COC(=O)[C@@H]2C[C@H]2C)c(C)n1Cc1ccc2c(c1)OCO2. The number of Topliss-reactive ketones (excluding diaryl/α,β-unsaturated/α-hetero) is 1. The Labute approximate surface area is 158 Å². The van der Waals surface area contributed by atoms with Crippen LogP contribution >= 0.6 is 0 Å². The zero-order valence-corrected chi connectivity index (χ0v) is 15.8. The average molecular weight is 369 g/mol. The van der Waals surface area contributed by atoms with E-state index in [1.807, 2.05) is 45.0 Å². The first-order chi connectivity index (χ1) is 12.9. The molecule has 0 radical (unpaired) electrons. The van der Waals surface area contributed by atoms with Gasteiger partial charge in [0.05, 0.1) is 5.92 Å². The zero-order chi connectivity index (χ0) is 19.1. The third-order valence-corrected chi connectivity index (χ3v) is 5.41. The third-order valence-electron chi connectivity index (χ3n) is 5.41. The molecule has 1 aromatic carbocycles. The highest BCUT2D eigenvalue weighted by Gasteiger charge is 2.40. The minimum Gasteiger partial charge on any atom is -0.457 e. The molecular weight excluding hydrogens is 346 g/mol. The number of aromatic nitrogens is 1. The summed E-state index contributed by atoms with van der Waals surface area (Å²) in [6, 6.07) is 7.71. The molecule has 2 aromatic rings. The van der Waals surface area contributed by atoms with Crippen LogP contribution in [0.3, 0.4) is 0 Å². The molecule has 27 heavy (non-hydrogen) atoms. The molecule has 1 saturated carbocycles. The van der Waals surface area contributed by atoms with Gasteiger partial charge in [-0.2, -0.15) is 0 Å². The van der Waals surface area contributed by atoms with E-state index in [0.29, 0.717) is 18.0 Å². The molecule has 6 heteroatoms. The zero-order valence-electron chi connectivity index (χ0n) is 15.8. The molecule has 6 nitrogen and oxygen atoms in total. The van der Waals surface area contributed by atoms with E-state index in [1.165, 1.54) is 0 Å². The molecule has 0 amide bonds. The summed E-state index contributed by atoms with van der Waals surface area (Å²) in [5, 5.41) is 0. The molecule has 1 aromatic heterocycles. The molecule has 0 N–H and O–H groups in total. The van der Waals surface area contributed by atoms with Gasteiger partial charge in [-0.25, -0.2) is 0 Å². The normalized spacial score (nSPS) is 19.8. The first-order valence-electron chi connectivity index (χ1n) is 9.19. The number of carbonyl (C=O) groups is 2. The number of carbonyl (C=O) groups excluding carboxylic acids is 2. The number of aryl methyl sites for hydroxylation is 1. The van der Waals surface area contributed by atoms with Crippen molar-refractivity contribution in [3.63, 3.8) is 0 Å². The molecular formula is C21H23NO5. The quantitative estimate of drug-likeness (QED) is 0.578. The molecule has 0 spiro atoms. The molecule has 0 saturated heterocycles. The van der Waals surface area contributed by atoms with Crippen LogP contribution in [0.25, 0.3) is 0 Å². The van der Waals surface area contributed by atoms with Crippen LogP contribution in [0.1, 0.15) is 40.7 Å². The van der Waals surface area contributed by atoms with Crippen molar-refractivity contribution in [3.8, 4) is 11.5 Å². The van der Waals surface area contributed by atoms with Crippen LogP contribution in [0.15, 0.2) is 24.3 Å². The smallest absolute Gasteiger partial charge is 0.309 e. The van der Waals surface area contributed by atoms with Crippen LogP contribution in [0.2, 0.25) is 0 Å². The first-order valence-corrected chi connectivity index (χ1v) is 9.19. The lowest BCUT2D eigenvalue weighted by Gasteiger charge is -2.11. The molecule has 2 aliphatic rings. The Morgan fingerprint density at radius 2 is 1.93 bits per heavy atom. The monoisotopic (exact) mass is 369 g/mol. The van der Waals surface area contributed by atoms with Gasteiger partial charge in [0.2, 0.25) is 12.6 Å². The molecule has 4 rings (SSSR count). The predicted octanol–water partition coefficient (Wildman–Crippen LogP) is 3.26. The summed E-state index contributed by atoms with van der Waals surface area (Å²) < 4.78 is 18.1. The van der Waals surface area contributed by atoms with E-state index in [1.54, 1.807) is 0 Å². The highest BCUT2D eigenvalue weighted by atomic mass is 16.7. The van der Waals surface area contributed by atoms with Crippen molar-refractivity contribution in [3.05, 3.63) is 46.8 Å². The van der Waals surface area contributed by atoms with Crippen LogP contribution in [-0.4, -0.2) is 29.7 Å². The highest BCUT2D eigenvalue weighted by Crippen LogP contribution is 2.38. The number of nitrogens with zero attached hydrogens (tertiary/aromatic N) is 1. The van der Waals surface area contributed by atoms with E-state index >= 15 is 0 Å². The third kappa shape index (κ3) is 3.44. The molecule has 142 valence electrons. The topological polar surface area (TPSA) is 66.8 Å². The lowest BCUT2D eigenvalue weighted by atomic mass is 10.1. The summed E-state index contributed by atoms with van der Waals surface area (Å²) in [7, 11) is 0. The van der Waals surface area contributed by atoms with Crippen molar-refractivity contribution < 1.29 is 23.8 Å². The molecule has 2 atom stereocenters. The maximum absolute atomic E-state index is 12.5. The van der Waals surface area contributed by atoms with E-state index in [0.717, 1.165) is 34.9 Å². The summed E-state index contributed by atoms with van der Waals surface area (Å²) >= 11 is 0. The molecule has 1 aliphatic carbocycles. The second kappa shape index (κ2) is 6.76. The van der Waals surface area contributed by atoms with Gasteiger partial charge in [-0.3, -0.25) is 9.59 Å². The summed E-state index contributed by atoms with van der Waals surface area (Å²) in [6.45, 7) is 6.57. The van der Waals surface area contributed by atoms with Gasteiger partial charge in [0, 0.05) is 23.5 Å². The fraction of sp³-hybridized carbons (Fsp3) is 0.429. The predicted molar refractivity (Wildman–Crippen MR) is 98.1 cm³/mol. The van der Waals surface area contributed by atoms with Gasteiger partial charge >= 0.3 is 5.97 Å². The van der Waals surface area contributed by atoms with Gasteiger partial charge in [-0.15, -0.1) is 0 Å². The Kier molecular flexibility index (Phi) is 4.42. The van der Waals surface area contributed by atoms with Crippen molar-refractivity contribution in [2.24, 2.45) is 11.8 Å². The number of hydrogen-bond acceptors (Lipinski definition) is 5. The standard InChI is InChI=1S/C21H23NO5/c1-12-6-16(12)21(24)25-10-18(23)17-7-13(2)22(14(17)3)9-15-4-5-19-20(8-15)27-11-26-19/h4-5,7-8,12,16H,6,9-11H2,1-3H3/t12-,16-/m1/s1. The van der Waals surface area contributed by atoms with Crippen LogP contribution < -0.4 is 9.47 Å². The van der Waals surface area contributed by atoms with Gasteiger partial charge < -0.3 is 18.8 Å². The van der Waals surface area contributed by atoms with Crippen molar-refractivity contribution >= 4 is 11.8 Å². The van der Waals surface area contributed by atoms with E-state index < -0.39 is 0 Å². The molecule has 0 bridgehead atoms. The Bertz CT molecular complexity index is 914. The van der Waals surface area contributed by atoms with Gasteiger partial charge in [-0.1, -0.05) is 13.0 Å². The summed E-state index contributed by atoms with van der Waals surface area (Å²) in [5.41, 5.74) is 3.51. The van der Waals surface area contributed by atoms with E-state index in [9.17, 15) is 9.59 Å². The number of benzene rings is 1. The number of ketones is 1. The lowest BCUT2D eigenvalue weighted by molar-refractivity contribution is -0.144. The lowest BCUT2D eigenvalue weighted by Crippen LogP contribution is -2.16. The second-order valence-corrected chi connectivity index (χ2v) is 7.41. The average Bonchev–Trinajstić information content (AvgIpc) is 3.09. The highest BCUT2D eigenvalue weighted by molar-refractivity contribution is 5.99. The maximum Gasteiger partial charge on any atom is 0.309 e. The number of fused-ring (bicyclic) bond motifs is 1. The minimum atomic E-state index is -0.259. The van der Waals surface area contributed by atoms with Gasteiger partial charge in [-0.05, 0) is 49.9 Å².